The summed E-state index contributed by atoms with van der Waals surface area (Å²) in [7, 11) is 3.78. The van der Waals surface area contributed by atoms with Gasteiger partial charge < -0.3 is 24.6 Å². The monoisotopic (exact) mass is 474 g/mol. The normalized spacial score (nSPS) is 16.5. The van der Waals surface area contributed by atoms with Gasteiger partial charge in [-0.3, -0.25) is 4.99 Å². The number of rotatable bonds is 10. The van der Waals surface area contributed by atoms with Crippen LogP contribution in [0.1, 0.15) is 23.1 Å². The zero-order valence-electron chi connectivity index (χ0n) is 19.5. The van der Waals surface area contributed by atoms with E-state index in [1.54, 1.807) is 7.05 Å². The number of carbonyl (C=O) groups is 1. The van der Waals surface area contributed by atoms with Crippen LogP contribution in [-0.2, 0) is 22.5 Å². The molecule has 6 nitrogen and oxygen atoms in total. The lowest BCUT2D eigenvalue weighted by atomic mass is 10.0. The Hall–Kier alpha value is -2.48. The molecule has 0 aromatic heterocycles. The summed E-state index contributed by atoms with van der Waals surface area (Å²) in [5.74, 6) is -0.397. The standard InChI is InChI=1S/C25H32ClFN4O2/c1-17-7-8-24(23(12-17)29-3)31(15-18-14-30(4)9-11-33-18)16-20-21(27)13-22(28-2)19(25(20)26)6-5-10-32/h7-8,10,12-13,18,28H,3,5-6,9,11,14-16H2,1-2,4H3. The van der Waals surface area contributed by atoms with E-state index in [0.29, 0.717) is 42.3 Å². The summed E-state index contributed by atoms with van der Waals surface area (Å²) >= 11 is 6.73. The van der Waals surface area contributed by atoms with Gasteiger partial charge in [0.05, 0.1) is 29.1 Å². The van der Waals surface area contributed by atoms with Crippen LogP contribution in [0.4, 0.5) is 21.5 Å². The van der Waals surface area contributed by atoms with E-state index in [-0.39, 0.29) is 12.6 Å². The van der Waals surface area contributed by atoms with E-state index in [2.05, 4.69) is 33.9 Å². The number of morpholine rings is 1. The van der Waals surface area contributed by atoms with Gasteiger partial charge in [-0.15, -0.1) is 0 Å². The molecule has 1 saturated heterocycles. The second kappa shape index (κ2) is 11.6. The molecule has 8 heteroatoms. The average molecular weight is 475 g/mol. The minimum Gasteiger partial charge on any atom is -0.388 e. The summed E-state index contributed by atoms with van der Waals surface area (Å²) in [5.41, 5.74) is 4.35. The smallest absolute Gasteiger partial charge is 0.131 e. The molecule has 1 unspecified atom stereocenters. The molecule has 0 amide bonds. The van der Waals surface area contributed by atoms with Crippen molar-refractivity contribution in [2.24, 2.45) is 4.99 Å². The molecule has 3 rings (SSSR count). The molecular weight excluding hydrogens is 443 g/mol. The molecule has 1 atom stereocenters. The molecule has 0 radical (unpaired) electrons. The largest absolute Gasteiger partial charge is 0.388 e. The topological polar surface area (TPSA) is 57.2 Å². The molecule has 1 heterocycles. The number of ether oxygens (including phenoxy) is 1. The van der Waals surface area contributed by atoms with Crippen LogP contribution in [0.2, 0.25) is 5.02 Å². The molecule has 1 aliphatic heterocycles. The van der Waals surface area contributed by atoms with Gasteiger partial charge >= 0.3 is 0 Å². The first-order valence-electron chi connectivity index (χ1n) is 11.1. The van der Waals surface area contributed by atoms with Crippen LogP contribution in [0.5, 0.6) is 0 Å². The maximum absolute atomic E-state index is 15.3. The van der Waals surface area contributed by atoms with Gasteiger partial charge in [-0.1, -0.05) is 17.7 Å². The summed E-state index contributed by atoms with van der Waals surface area (Å²) in [6.07, 6.45) is 1.55. The predicted octanol–water partition coefficient (Wildman–Crippen LogP) is 4.63. The highest BCUT2D eigenvalue weighted by atomic mass is 35.5. The van der Waals surface area contributed by atoms with Crippen LogP contribution in [-0.4, -0.2) is 64.3 Å². The third-order valence-electron chi connectivity index (χ3n) is 5.95. The number of aliphatic imine (C=N–C) groups is 1. The van der Waals surface area contributed by atoms with Gasteiger partial charge in [0.25, 0.3) is 0 Å². The lowest BCUT2D eigenvalue weighted by Crippen LogP contribution is -2.46. The van der Waals surface area contributed by atoms with E-state index in [0.717, 1.165) is 41.9 Å². The van der Waals surface area contributed by atoms with Crippen molar-refractivity contribution in [1.29, 1.82) is 0 Å². The third-order valence-corrected chi connectivity index (χ3v) is 6.41. The number of hydrogen-bond donors (Lipinski definition) is 1. The van der Waals surface area contributed by atoms with Gasteiger partial charge in [-0.25, -0.2) is 4.39 Å². The van der Waals surface area contributed by atoms with E-state index in [4.69, 9.17) is 16.3 Å². The zero-order chi connectivity index (χ0) is 24.0. The second-order valence-corrected chi connectivity index (χ2v) is 8.80. The highest BCUT2D eigenvalue weighted by Crippen LogP contribution is 2.36. The predicted molar refractivity (Wildman–Crippen MR) is 134 cm³/mol. The maximum Gasteiger partial charge on any atom is 0.131 e. The number of benzene rings is 2. The molecule has 0 aliphatic carbocycles. The minimum absolute atomic E-state index is 0.0457. The SMILES string of the molecule is C=Nc1cc(C)ccc1N(Cc1c(F)cc(NC)c(CCC=O)c1Cl)CC1CN(C)CCO1. The van der Waals surface area contributed by atoms with Crippen LogP contribution in [0, 0.1) is 12.7 Å². The third kappa shape index (κ3) is 6.10. The number of carbonyl (C=O) groups excluding carboxylic acids is 1. The van der Waals surface area contributed by atoms with Gasteiger partial charge in [0, 0.05) is 50.9 Å². The summed E-state index contributed by atoms with van der Waals surface area (Å²) in [6.45, 7) is 8.81. The number of nitrogens with one attached hydrogen (secondary N) is 1. The summed E-state index contributed by atoms with van der Waals surface area (Å²) < 4.78 is 21.3. The fraction of sp³-hybridized carbons (Fsp3) is 0.440. The first-order chi connectivity index (χ1) is 15.9. The zero-order valence-corrected chi connectivity index (χ0v) is 20.3. The van der Waals surface area contributed by atoms with Crippen LogP contribution >= 0.6 is 11.6 Å². The molecular formula is C25H32ClFN4O2. The average Bonchev–Trinajstić information content (AvgIpc) is 2.80. The van der Waals surface area contributed by atoms with Crippen molar-refractivity contribution < 1.29 is 13.9 Å². The number of aryl methyl sites for hydroxylation is 1. The molecule has 33 heavy (non-hydrogen) atoms. The van der Waals surface area contributed by atoms with Gasteiger partial charge in [0.2, 0.25) is 0 Å². The molecule has 178 valence electrons. The van der Waals surface area contributed by atoms with E-state index < -0.39 is 5.82 Å². The van der Waals surface area contributed by atoms with Crippen LogP contribution < -0.4 is 10.2 Å². The first-order valence-corrected chi connectivity index (χ1v) is 11.5. The lowest BCUT2D eigenvalue weighted by Gasteiger charge is -2.35. The Kier molecular flexibility index (Phi) is 8.83. The number of aldehydes is 1. The first kappa shape index (κ1) is 25.1. The number of hydrogen-bond acceptors (Lipinski definition) is 6. The van der Waals surface area contributed by atoms with Crippen LogP contribution in [0.25, 0.3) is 0 Å². The van der Waals surface area contributed by atoms with E-state index in [1.807, 2.05) is 25.1 Å². The van der Waals surface area contributed by atoms with Crippen LogP contribution in [0.15, 0.2) is 29.3 Å². The Morgan fingerprint density at radius 1 is 1.39 bits per heavy atom. The van der Waals surface area contributed by atoms with Crippen molar-refractivity contribution in [3.05, 3.63) is 51.8 Å². The molecule has 0 saturated carbocycles. The maximum atomic E-state index is 15.3. The molecule has 0 bridgehead atoms. The Balaban J connectivity index is 2.03. The van der Waals surface area contributed by atoms with E-state index in [9.17, 15) is 4.79 Å². The summed E-state index contributed by atoms with van der Waals surface area (Å²) in [6, 6.07) is 7.39. The molecule has 0 spiro atoms. The number of halogens is 2. The molecule has 1 aliphatic rings. The summed E-state index contributed by atoms with van der Waals surface area (Å²) in [4.78, 5) is 19.5. The Labute approximate surface area is 200 Å². The highest BCUT2D eigenvalue weighted by molar-refractivity contribution is 6.32. The lowest BCUT2D eigenvalue weighted by molar-refractivity contribution is -0.107. The second-order valence-electron chi connectivity index (χ2n) is 8.42. The van der Waals surface area contributed by atoms with Gasteiger partial charge in [-0.2, -0.15) is 0 Å². The quantitative estimate of drug-likeness (QED) is 0.402. The number of nitrogens with zero attached hydrogens (tertiary/aromatic N) is 3. The van der Waals surface area contributed by atoms with Gasteiger partial charge in [0.1, 0.15) is 12.1 Å². The Bertz CT molecular complexity index is 1000. The Morgan fingerprint density at radius 3 is 2.85 bits per heavy atom. The van der Waals surface area contributed by atoms with Gasteiger partial charge in [-0.05, 0) is 56.4 Å². The van der Waals surface area contributed by atoms with Crippen molar-refractivity contribution in [2.75, 3.05) is 50.6 Å². The van der Waals surface area contributed by atoms with Crippen molar-refractivity contribution in [2.45, 2.75) is 32.4 Å². The molecule has 2 aromatic rings. The fourth-order valence-corrected chi connectivity index (χ4v) is 4.56. The number of likely N-dealkylation sites (N-methyl/N-ethyl adjacent to an activating group) is 1. The summed E-state index contributed by atoms with van der Waals surface area (Å²) in [5, 5.41) is 3.33. The molecule has 1 fully saturated rings. The molecule has 2 aromatic carbocycles. The van der Waals surface area contributed by atoms with E-state index in [1.165, 1.54) is 6.07 Å². The van der Waals surface area contributed by atoms with Crippen LogP contribution in [0.3, 0.4) is 0 Å². The Morgan fingerprint density at radius 2 is 2.18 bits per heavy atom. The minimum atomic E-state index is -0.397. The highest BCUT2D eigenvalue weighted by Gasteiger charge is 2.25. The van der Waals surface area contributed by atoms with Crippen molar-refractivity contribution in [1.82, 2.24) is 4.90 Å². The molecule has 1 N–H and O–H groups in total. The van der Waals surface area contributed by atoms with Crippen molar-refractivity contribution >= 4 is 41.7 Å². The van der Waals surface area contributed by atoms with E-state index >= 15 is 4.39 Å². The fourth-order valence-electron chi connectivity index (χ4n) is 4.21. The van der Waals surface area contributed by atoms with Crippen molar-refractivity contribution in [3.8, 4) is 0 Å². The van der Waals surface area contributed by atoms with Gasteiger partial charge in [0.15, 0.2) is 0 Å². The number of anilines is 2. The van der Waals surface area contributed by atoms with Crippen molar-refractivity contribution in [3.63, 3.8) is 0 Å².